The predicted molar refractivity (Wildman–Crippen MR) is 86.6 cm³/mol. The lowest BCUT2D eigenvalue weighted by molar-refractivity contribution is -0.114. The Hall–Kier alpha value is -1.91. The lowest BCUT2D eigenvalue weighted by Crippen LogP contribution is -2.05. The summed E-state index contributed by atoms with van der Waals surface area (Å²) in [5, 5.41) is 2.78. The Bertz CT molecular complexity index is 642. The Balaban J connectivity index is 0.00000161. The van der Waals surface area contributed by atoms with Crippen LogP contribution in [0.4, 0.5) is 5.69 Å². The molecule has 3 N–H and O–H groups in total. The molecule has 0 unspecified atom stereocenters. The van der Waals surface area contributed by atoms with Gasteiger partial charge in [-0.15, -0.1) is 12.4 Å². The number of pyridine rings is 1. The maximum Gasteiger partial charge on any atom is 0.221 e. The quantitative estimate of drug-likeness (QED) is 0.916. The minimum Gasteiger partial charge on any atom is -0.327 e. The largest absolute Gasteiger partial charge is 0.327 e. The maximum absolute atomic E-state index is 11.1. The Kier molecular flexibility index (Phi) is 4.60. The van der Waals surface area contributed by atoms with Crippen LogP contribution in [0, 0.1) is 0 Å². The highest BCUT2D eigenvalue weighted by molar-refractivity contribution is 5.89. The van der Waals surface area contributed by atoms with Crippen molar-refractivity contribution in [3.8, 4) is 11.3 Å². The van der Waals surface area contributed by atoms with Crippen molar-refractivity contribution in [1.82, 2.24) is 4.98 Å². The molecule has 1 aromatic carbocycles. The van der Waals surface area contributed by atoms with Crippen molar-refractivity contribution >= 4 is 24.0 Å². The van der Waals surface area contributed by atoms with Crippen LogP contribution in [0.15, 0.2) is 42.6 Å². The minimum atomic E-state index is -0.0758. The molecule has 1 heterocycles. The van der Waals surface area contributed by atoms with E-state index >= 15 is 0 Å². The summed E-state index contributed by atoms with van der Waals surface area (Å²) in [7, 11) is 0. The number of benzene rings is 1. The van der Waals surface area contributed by atoms with Gasteiger partial charge in [-0.1, -0.05) is 18.2 Å². The van der Waals surface area contributed by atoms with Gasteiger partial charge in [0.05, 0.1) is 5.69 Å². The molecule has 3 rings (SSSR count). The third-order valence-electron chi connectivity index (χ3n) is 3.53. The highest BCUT2D eigenvalue weighted by Crippen LogP contribution is 2.38. The Morgan fingerprint density at radius 3 is 2.67 bits per heavy atom. The topological polar surface area (TPSA) is 68.0 Å². The normalized spacial score (nSPS) is 19.5. The molecule has 1 amide bonds. The summed E-state index contributed by atoms with van der Waals surface area (Å²) in [6, 6.07) is 12.1. The Labute approximate surface area is 130 Å². The first-order valence-corrected chi connectivity index (χ1v) is 6.73. The molecule has 1 saturated carbocycles. The lowest BCUT2D eigenvalue weighted by atomic mass is 10.1. The molecule has 5 heteroatoms. The highest BCUT2D eigenvalue weighted by Gasteiger charge is 2.34. The summed E-state index contributed by atoms with van der Waals surface area (Å²) in [6.45, 7) is 1.50. The Morgan fingerprint density at radius 2 is 2.10 bits per heavy atom. The van der Waals surface area contributed by atoms with Crippen molar-refractivity contribution < 1.29 is 4.79 Å². The molecule has 0 radical (unpaired) electrons. The SMILES string of the molecule is CC(=O)Nc1cccc(-c2ccc([C@@H]3C[C@H]3N)cn2)c1.Cl. The van der Waals surface area contributed by atoms with Gasteiger partial charge in [-0.05, 0) is 30.2 Å². The standard InChI is InChI=1S/C16H17N3O.ClH/c1-10(20)19-13-4-2-3-11(7-13)16-6-5-12(9-18-16)14-8-15(14)17;/h2-7,9,14-15H,8,17H2,1H3,(H,19,20);1H/t14-,15+;/m0./s1. The zero-order chi connectivity index (χ0) is 14.1. The Morgan fingerprint density at radius 1 is 1.33 bits per heavy atom. The van der Waals surface area contributed by atoms with Gasteiger partial charge in [0.15, 0.2) is 0 Å². The van der Waals surface area contributed by atoms with Crippen molar-refractivity contribution in [3.05, 3.63) is 48.2 Å². The first kappa shape index (κ1) is 15.5. The molecule has 0 spiro atoms. The maximum atomic E-state index is 11.1. The van der Waals surface area contributed by atoms with E-state index in [1.165, 1.54) is 12.5 Å². The molecule has 21 heavy (non-hydrogen) atoms. The van der Waals surface area contributed by atoms with E-state index in [1.54, 1.807) is 0 Å². The fraction of sp³-hybridized carbons (Fsp3) is 0.250. The van der Waals surface area contributed by atoms with Crippen LogP contribution >= 0.6 is 12.4 Å². The third-order valence-corrected chi connectivity index (χ3v) is 3.53. The van der Waals surface area contributed by atoms with Crippen LogP contribution in [-0.2, 0) is 4.79 Å². The van der Waals surface area contributed by atoms with Crippen LogP contribution in [-0.4, -0.2) is 16.9 Å². The molecule has 4 nitrogen and oxygen atoms in total. The van der Waals surface area contributed by atoms with Gasteiger partial charge in [0, 0.05) is 36.3 Å². The second-order valence-corrected chi connectivity index (χ2v) is 5.24. The first-order valence-electron chi connectivity index (χ1n) is 6.73. The third kappa shape index (κ3) is 3.60. The van der Waals surface area contributed by atoms with Crippen LogP contribution in [0.1, 0.15) is 24.8 Å². The zero-order valence-electron chi connectivity index (χ0n) is 11.7. The van der Waals surface area contributed by atoms with Crippen LogP contribution in [0.2, 0.25) is 0 Å². The second-order valence-electron chi connectivity index (χ2n) is 5.24. The summed E-state index contributed by atoms with van der Waals surface area (Å²) in [6.07, 6.45) is 2.96. The van der Waals surface area contributed by atoms with Crippen molar-refractivity contribution in [1.29, 1.82) is 0 Å². The molecular weight excluding hydrogens is 286 g/mol. The van der Waals surface area contributed by atoms with E-state index in [1.807, 2.05) is 36.5 Å². The van der Waals surface area contributed by atoms with Gasteiger partial charge in [0.25, 0.3) is 0 Å². The molecule has 1 fully saturated rings. The lowest BCUT2D eigenvalue weighted by Gasteiger charge is -2.06. The van der Waals surface area contributed by atoms with Gasteiger partial charge >= 0.3 is 0 Å². The van der Waals surface area contributed by atoms with Crippen molar-refractivity contribution in [2.24, 2.45) is 5.73 Å². The highest BCUT2D eigenvalue weighted by atomic mass is 35.5. The van der Waals surface area contributed by atoms with Crippen molar-refractivity contribution in [2.75, 3.05) is 5.32 Å². The van der Waals surface area contributed by atoms with Gasteiger partial charge < -0.3 is 11.1 Å². The van der Waals surface area contributed by atoms with Gasteiger partial charge in [0.2, 0.25) is 5.91 Å². The van der Waals surface area contributed by atoms with E-state index in [0.717, 1.165) is 23.4 Å². The van der Waals surface area contributed by atoms with E-state index in [2.05, 4.69) is 16.4 Å². The fourth-order valence-corrected chi connectivity index (χ4v) is 2.35. The smallest absolute Gasteiger partial charge is 0.221 e. The average molecular weight is 304 g/mol. The number of nitrogens with two attached hydrogens (primary N) is 1. The number of nitrogens with one attached hydrogen (secondary N) is 1. The van der Waals surface area contributed by atoms with E-state index < -0.39 is 0 Å². The number of nitrogens with zero attached hydrogens (tertiary/aromatic N) is 1. The molecule has 110 valence electrons. The van der Waals surface area contributed by atoms with Crippen LogP contribution < -0.4 is 11.1 Å². The first-order chi connectivity index (χ1) is 9.63. The molecule has 0 saturated heterocycles. The van der Waals surface area contributed by atoms with Gasteiger partial charge in [0.1, 0.15) is 0 Å². The van der Waals surface area contributed by atoms with Crippen LogP contribution in [0.5, 0.6) is 0 Å². The van der Waals surface area contributed by atoms with Crippen molar-refractivity contribution in [3.63, 3.8) is 0 Å². The molecule has 1 aromatic heterocycles. The molecule has 0 bridgehead atoms. The second kappa shape index (κ2) is 6.24. The summed E-state index contributed by atoms with van der Waals surface area (Å²) < 4.78 is 0. The number of hydrogen-bond acceptors (Lipinski definition) is 3. The number of amides is 1. The number of aromatic nitrogens is 1. The van der Waals surface area contributed by atoms with Gasteiger partial charge in [-0.3, -0.25) is 9.78 Å². The average Bonchev–Trinajstić information content (AvgIpc) is 3.16. The molecule has 0 aliphatic heterocycles. The number of anilines is 1. The summed E-state index contributed by atoms with van der Waals surface area (Å²) in [5.41, 5.74) is 9.72. The number of carbonyl (C=O) groups excluding carboxylic acids is 1. The zero-order valence-corrected chi connectivity index (χ0v) is 12.6. The van der Waals surface area contributed by atoms with Gasteiger partial charge in [-0.25, -0.2) is 0 Å². The molecular formula is C16H18ClN3O. The van der Waals surface area contributed by atoms with E-state index in [9.17, 15) is 4.79 Å². The minimum absolute atomic E-state index is 0. The summed E-state index contributed by atoms with van der Waals surface area (Å²) >= 11 is 0. The molecule has 1 aliphatic rings. The van der Waals surface area contributed by atoms with Crippen LogP contribution in [0.25, 0.3) is 11.3 Å². The number of hydrogen-bond donors (Lipinski definition) is 2. The molecule has 2 atom stereocenters. The van der Waals surface area contributed by atoms with Crippen molar-refractivity contribution in [2.45, 2.75) is 25.3 Å². The number of rotatable bonds is 3. The number of halogens is 1. The monoisotopic (exact) mass is 303 g/mol. The fourth-order valence-electron chi connectivity index (χ4n) is 2.35. The van der Waals surface area contributed by atoms with E-state index in [4.69, 9.17) is 5.73 Å². The van der Waals surface area contributed by atoms with E-state index in [-0.39, 0.29) is 18.3 Å². The molecule has 2 aromatic rings. The van der Waals surface area contributed by atoms with E-state index in [0.29, 0.717) is 12.0 Å². The predicted octanol–water partition coefficient (Wildman–Crippen LogP) is 2.94. The molecule has 1 aliphatic carbocycles. The van der Waals surface area contributed by atoms with Gasteiger partial charge in [-0.2, -0.15) is 0 Å². The summed E-state index contributed by atoms with van der Waals surface area (Å²) in [4.78, 5) is 15.6. The van der Waals surface area contributed by atoms with Crippen LogP contribution in [0.3, 0.4) is 0 Å². The summed E-state index contributed by atoms with van der Waals surface area (Å²) in [5.74, 6) is 0.399. The number of carbonyl (C=O) groups is 1.